The van der Waals surface area contributed by atoms with Gasteiger partial charge in [0.1, 0.15) is 0 Å². The number of carbonyl (C=O) groups excluding carboxylic acids is 1. The predicted molar refractivity (Wildman–Crippen MR) is 79.9 cm³/mol. The van der Waals surface area contributed by atoms with Crippen LogP contribution < -0.4 is 0 Å². The van der Waals surface area contributed by atoms with Gasteiger partial charge in [0, 0.05) is 24.5 Å². The van der Waals surface area contributed by atoms with Crippen molar-refractivity contribution in [2.75, 3.05) is 6.54 Å². The molecule has 0 radical (unpaired) electrons. The highest BCUT2D eigenvalue weighted by atomic mass is 16.3. The molecule has 2 heterocycles. The number of amides is 1. The number of hydrogen-bond acceptors (Lipinski definition) is 2. The van der Waals surface area contributed by atoms with Crippen molar-refractivity contribution in [2.45, 2.75) is 65.6 Å². The molecule has 1 amide bonds. The van der Waals surface area contributed by atoms with Gasteiger partial charge in [0.2, 0.25) is 0 Å². The fourth-order valence-electron chi connectivity index (χ4n) is 3.40. The Morgan fingerprint density at radius 2 is 2.10 bits per heavy atom. The Balaban J connectivity index is 2.32. The van der Waals surface area contributed by atoms with Crippen LogP contribution in [0.15, 0.2) is 6.07 Å². The van der Waals surface area contributed by atoms with Gasteiger partial charge in [0.15, 0.2) is 0 Å². The van der Waals surface area contributed by atoms with Crippen molar-refractivity contribution in [2.24, 2.45) is 0 Å². The minimum Gasteiger partial charge on any atom is -0.388 e. The quantitative estimate of drug-likeness (QED) is 0.923. The van der Waals surface area contributed by atoms with Gasteiger partial charge in [-0.25, -0.2) is 0 Å². The van der Waals surface area contributed by atoms with E-state index in [0.29, 0.717) is 0 Å². The van der Waals surface area contributed by atoms with Gasteiger partial charge in [-0.2, -0.15) is 0 Å². The van der Waals surface area contributed by atoms with E-state index in [1.165, 1.54) is 0 Å². The number of rotatable bonds is 3. The van der Waals surface area contributed by atoms with Gasteiger partial charge in [-0.3, -0.25) is 4.79 Å². The van der Waals surface area contributed by atoms with Crippen LogP contribution in [-0.4, -0.2) is 38.7 Å². The summed E-state index contributed by atoms with van der Waals surface area (Å²) in [5.74, 6) is 0.0578. The summed E-state index contributed by atoms with van der Waals surface area (Å²) in [6, 6.07) is 1.89. The Morgan fingerprint density at radius 1 is 1.45 bits per heavy atom. The van der Waals surface area contributed by atoms with Crippen molar-refractivity contribution in [3.63, 3.8) is 0 Å². The van der Waals surface area contributed by atoms with E-state index in [-0.39, 0.29) is 11.9 Å². The van der Waals surface area contributed by atoms with E-state index < -0.39 is 5.60 Å². The summed E-state index contributed by atoms with van der Waals surface area (Å²) >= 11 is 0. The third-order valence-electron chi connectivity index (χ3n) is 4.45. The number of hydrogen-bond donors (Lipinski definition) is 1. The summed E-state index contributed by atoms with van der Waals surface area (Å²) in [6.45, 7) is 11.3. The second-order valence-electron chi connectivity index (χ2n) is 6.34. The molecule has 1 aliphatic rings. The Hall–Kier alpha value is -1.29. The topological polar surface area (TPSA) is 45.5 Å². The molecule has 20 heavy (non-hydrogen) atoms. The van der Waals surface area contributed by atoms with E-state index in [4.69, 9.17) is 0 Å². The summed E-state index contributed by atoms with van der Waals surface area (Å²) in [7, 11) is 0. The number of aliphatic hydroxyl groups is 1. The SMILES string of the molecule is CCn1c(C)cc(C(=O)N2CCCC2C(C)(C)O)c1C. The van der Waals surface area contributed by atoms with Gasteiger partial charge in [-0.15, -0.1) is 0 Å². The molecule has 0 saturated carbocycles. The summed E-state index contributed by atoms with van der Waals surface area (Å²) in [5.41, 5.74) is 2.08. The zero-order valence-corrected chi connectivity index (χ0v) is 13.2. The van der Waals surface area contributed by atoms with Crippen molar-refractivity contribution in [1.29, 1.82) is 0 Å². The second kappa shape index (κ2) is 5.24. The molecular weight excluding hydrogens is 252 g/mol. The lowest BCUT2D eigenvalue weighted by Gasteiger charge is -2.33. The van der Waals surface area contributed by atoms with E-state index >= 15 is 0 Å². The van der Waals surface area contributed by atoms with Gasteiger partial charge < -0.3 is 14.6 Å². The predicted octanol–water partition coefficient (Wildman–Crippen LogP) is 2.50. The fourth-order valence-corrected chi connectivity index (χ4v) is 3.40. The first kappa shape index (κ1) is 15.1. The maximum absolute atomic E-state index is 12.8. The number of aromatic nitrogens is 1. The van der Waals surface area contributed by atoms with Gasteiger partial charge in [0.05, 0.1) is 17.2 Å². The molecule has 0 bridgehead atoms. The smallest absolute Gasteiger partial charge is 0.256 e. The summed E-state index contributed by atoms with van der Waals surface area (Å²) in [6.07, 6.45) is 1.84. The summed E-state index contributed by atoms with van der Waals surface area (Å²) in [4.78, 5) is 14.7. The number of carbonyl (C=O) groups is 1. The van der Waals surface area contributed by atoms with E-state index in [1.54, 1.807) is 13.8 Å². The highest BCUT2D eigenvalue weighted by Gasteiger charge is 2.39. The lowest BCUT2D eigenvalue weighted by Crippen LogP contribution is -2.48. The molecule has 4 nitrogen and oxygen atoms in total. The molecule has 1 aliphatic heterocycles. The summed E-state index contributed by atoms with van der Waals surface area (Å²) in [5, 5.41) is 10.3. The van der Waals surface area contributed by atoms with Crippen LogP contribution in [0.1, 0.15) is 55.4 Å². The van der Waals surface area contributed by atoms with Crippen LogP contribution in [0.25, 0.3) is 0 Å². The zero-order chi connectivity index (χ0) is 15.1. The lowest BCUT2D eigenvalue weighted by molar-refractivity contribution is 0.000300. The van der Waals surface area contributed by atoms with E-state index in [1.807, 2.05) is 24.8 Å². The number of nitrogens with zero attached hydrogens (tertiary/aromatic N) is 2. The van der Waals surface area contributed by atoms with Crippen molar-refractivity contribution in [1.82, 2.24) is 9.47 Å². The third-order valence-corrected chi connectivity index (χ3v) is 4.45. The average Bonchev–Trinajstić information content (AvgIpc) is 2.93. The molecule has 1 atom stereocenters. The highest BCUT2D eigenvalue weighted by molar-refractivity contribution is 5.96. The molecule has 1 unspecified atom stereocenters. The largest absolute Gasteiger partial charge is 0.388 e. The second-order valence-corrected chi connectivity index (χ2v) is 6.34. The lowest BCUT2D eigenvalue weighted by atomic mass is 9.96. The molecule has 1 aromatic rings. The number of aryl methyl sites for hydroxylation is 1. The Morgan fingerprint density at radius 3 is 2.60 bits per heavy atom. The fraction of sp³-hybridized carbons (Fsp3) is 0.688. The maximum atomic E-state index is 12.8. The van der Waals surface area contributed by atoms with Crippen molar-refractivity contribution in [3.8, 4) is 0 Å². The van der Waals surface area contributed by atoms with Crippen molar-refractivity contribution < 1.29 is 9.90 Å². The van der Waals surface area contributed by atoms with E-state index in [9.17, 15) is 9.90 Å². The first-order chi connectivity index (χ1) is 9.27. The summed E-state index contributed by atoms with van der Waals surface area (Å²) < 4.78 is 2.16. The Bertz CT molecular complexity index is 511. The molecule has 1 saturated heterocycles. The van der Waals surface area contributed by atoms with E-state index in [2.05, 4.69) is 11.5 Å². The number of likely N-dealkylation sites (tertiary alicyclic amines) is 1. The van der Waals surface area contributed by atoms with Crippen molar-refractivity contribution in [3.05, 3.63) is 23.0 Å². The molecule has 0 aromatic carbocycles. The first-order valence-electron chi connectivity index (χ1n) is 7.47. The molecule has 1 fully saturated rings. The molecule has 2 rings (SSSR count). The molecule has 0 spiro atoms. The molecule has 4 heteroatoms. The van der Waals surface area contributed by atoms with Gasteiger partial charge >= 0.3 is 0 Å². The minimum atomic E-state index is -0.845. The minimum absolute atomic E-state index is 0.0578. The van der Waals surface area contributed by atoms with Gasteiger partial charge in [0.25, 0.3) is 5.91 Å². The van der Waals surface area contributed by atoms with Crippen LogP contribution in [-0.2, 0) is 6.54 Å². The van der Waals surface area contributed by atoms with Crippen LogP contribution in [0, 0.1) is 13.8 Å². The molecule has 1 aromatic heterocycles. The monoisotopic (exact) mass is 278 g/mol. The van der Waals surface area contributed by atoms with Gasteiger partial charge in [-0.1, -0.05) is 0 Å². The molecule has 112 valence electrons. The normalized spacial score (nSPS) is 19.7. The van der Waals surface area contributed by atoms with Crippen LogP contribution in [0.4, 0.5) is 0 Å². The van der Waals surface area contributed by atoms with Crippen LogP contribution in [0.5, 0.6) is 0 Å². The first-order valence-corrected chi connectivity index (χ1v) is 7.47. The zero-order valence-electron chi connectivity index (χ0n) is 13.2. The van der Waals surface area contributed by atoms with Crippen LogP contribution in [0.3, 0.4) is 0 Å². The average molecular weight is 278 g/mol. The van der Waals surface area contributed by atoms with Gasteiger partial charge in [-0.05, 0) is 53.5 Å². The van der Waals surface area contributed by atoms with E-state index in [0.717, 1.165) is 42.9 Å². The molecular formula is C16H26N2O2. The van der Waals surface area contributed by atoms with Crippen molar-refractivity contribution >= 4 is 5.91 Å². The molecule has 0 aliphatic carbocycles. The third kappa shape index (κ3) is 2.49. The Kier molecular flexibility index (Phi) is 3.96. The van der Waals surface area contributed by atoms with Crippen LogP contribution in [0.2, 0.25) is 0 Å². The standard InChI is InChI=1S/C16H26N2O2/c1-6-17-11(2)10-13(12(17)3)15(19)18-9-7-8-14(18)16(4,5)20/h10,14,20H,6-9H2,1-5H3. The highest BCUT2D eigenvalue weighted by Crippen LogP contribution is 2.29. The Labute approximate surface area is 121 Å². The van der Waals surface area contributed by atoms with Crippen LogP contribution >= 0.6 is 0 Å². The molecule has 1 N–H and O–H groups in total. The maximum Gasteiger partial charge on any atom is 0.256 e.